The predicted molar refractivity (Wildman–Crippen MR) is 162 cm³/mol. The zero-order valence-electron chi connectivity index (χ0n) is 25.3. The smallest absolute Gasteiger partial charge is 0.264 e. The molecule has 1 unspecified atom stereocenters. The SMILES string of the molecule is CCC(C(=O)NC(C)(C)C)N(Cc1ccc(F)cc1)C(=O)CN(c1cc(C)ccc1OC)S(=O)(=O)c1ccc(C)cc1. The first kappa shape index (κ1) is 32.6. The van der Waals surface area contributed by atoms with Crippen LogP contribution in [0.3, 0.4) is 0 Å². The number of ether oxygens (including phenoxy) is 1. The second kappa shape index (κ2) is 13.4. The highest BCUT2D eigenvalue weighted by atomic mass is 32.2. The average Bonchev–Trinajstić information content (AvgIpc) is 2.91. The van der Waals surface area contributed by atoms with Gasteiger partial charge < -0.3 is 15.0 Å². The molecule has 3 aromatic carbocycles. The molecule has 0 aliphatic rings. The summed E-state index contributed by atoms with van der Waals surface area (Å²) in [4.78, 5) is 29.0. The molecule has 0 heterocycles. The average molecular weight is 598 g/mol. The van der Waals surface area contributed by atoms with Crippen LogP contribution in [0.2, 0.25) is 0 Å². The Labute approximate surface area is 248 Å². The highest BCUT2D eigenvalue weighted by Gasteiger charge is 2.35. The molecule has 0 bridgehead atoms. The highest BCUT2D eigenvalue weighted by Crippen LogP contribution is 2.34. The van der Waals surface area contributed by atoms with Crippen LogP contribution in [0.5, 0.6) is 5.75 Å². The minimum Gasteiger partial charge on any atom is -0.495 e. The number of aryl methyl sites for hydroxylation is 2. The van der Waals surface area contributed by atoms with E-state index < -0.39 is 39.9 Å². The third-order valence-electron chi connectivity index (χ3n) is 6.64. The minimum atomic E-state index is -4.25. The molecule has 42 heavy (non-hydrogen) atoms. The van der Waals surface area contributed by atoms with Crippen molar-refractivity contribution in [1.29, 1.82) is 0 Å². The zero-order valence-corrected chi connectivity index (χ0v) is 26.1. The number of hydrogen-bond acceptors (Lipinski definition) is 5. The van der Waals surface area contributed by atoms with E-state index in [1.54, 1.807) is 37.3 Å². The standard InChI is InChI=1S/C32H40FN3O5S/c1-8-27(31(38)34-32(4,5)6)35(20-24-12-14-25(33)15-13-24)30(37)21-36(28-19-23(3)11-18-29(28)41-7)42(39,40)26-16-9-22(2)10-17-26/h9-19,27H,8,20-21H2,1-7H3,(H,34,38). The Hall–Kier alpha value is -3.92. The second-order valence-electron chi connectivity index (χ2n) is 11.3. The summed E-state index contributed by atoms with van der Waals surface area (Å²) < 4.78 is 48.4. The lowest BCUT2D eigenvalue weighted by molar-refractivity contribution is -0.141. The van der Waals surface area contributed by atoms with E-state index in [9.17, 15) is 22.4 Å². The molecule has 0 spiro atoms. The van der Waals surface area contributed by atoms with Crippen molar-refractivity contribution in [3.05, 3.63) is 89.2 Å². The van der Waals surface area contributed by atoms with E-state index in [1.807, 2.05) is 34.6 Å². The number of nitrogens with zero attached hydrogens (tertiary/aromatic N) is 2. The van der Waals surface area contributed by atoms with Crippen LogP contribution in [-0.4, -0.2) is 50.4 Å². The highest BCUT2D eigenvalue weighted by molar-refractivity contribution is 7.92. The molecule has 0 saturated carbocycles. The van der Waals surface area contributed by atoms with Crippen molar-refractivity contribution in [2.24, 2.45) is 0 Å². The Morgan fingerprint density at radius 3 is 2.10 bits per heavy atom. The molecule has 226 valence electrons. The summed E-state index contributed by atoms with van der Waals surface area (Å²) in [5.74, 6) is -1.14. The maximum atomic E-state index is 14.2. The number of methoxy groups -OCH3 is 1. The van der Waals surface area contributed by atoms with Crippen LogP contribution < -0.4 is 14.4 Å². The quantitative estimate of drug-likeness (QED) is 0.321. The number of amides is 2. The summed E-state index contributed by atoms with van der Waals surface area (Å²) in [6, 6.07) is 16.1. The zero-order chi connectivity index (χ0) is 31.2. The fourth-order valence-electron chi connectivity index (χ4n) is 4.50. The van der Waals surface area contributed by atoms with Gasteiger partial charge in [-0.2, -0.15) is 0 Å². The Morgan fingerprint density at radius 2 is 1.55 bits per heavy atom. The lowest BCUT2D eigenvalue weighted by Crippen LogP contribution is -2.55. The van der Waals surface area contributed by atoms with E-state index in [0.29, 0.717) is 5.56 Å². The van der Waals surface area contributed by atoms with E-state index in [1.165, 1.54) is 48.4 Å². The minimum absolute atomic E-state index is 0.00654. The van der Waals surface area contributed by atoms with Gasteiger partial charge in [-0.3, -0.25) is 13.9 Å². The molecule has 8 nitrogen and oxygen atoms in total. The van der Waals surface area contributed by atoms with Crippen LogP contribution >= 0.6 is 0 Å². The van der Waals surface area contributed by atoms with Crippen LogP contribution in [0.4, 0.5) is 10.1 Å². The molecular formula is C32H40FN3O5S. The van der Waals surface area contributed by atoms with Gasteiger partial charge in [0.05, 0.1) is 17.7 Å². The number of nitrogens with one attached hydrogen (secondary N) is 1. The van der Waals surface area contributed by atoms with Crippen molar-refractivity contribution in [2.45, 2.75) is 71.0 Å². The van der Waals surface area contributed by atoms with Crippen LogP contribution in [-0.2, 0) is 26.2 Å². The number of carbonyl (C=O) groups excluding carboxylic acids is 2. The molecule has 0 aromatic heterocycles. The fraction of sp³-hybridized carbons (Fsp3) is 0.375. The summed E-state index contributed by atoms with van der Waals surface area (Å²) in [5.41, 5.74) is 1.87. The third kappa shape index (κ3) is 8.09. The van der Waals surface area contributed by atoms with Gasteiger partial charge in [0, 0.05) is 12.1 Å². The van der Waals surface area contributed by atoms with E-state index in [0.717, 1.165) is 15.4 Å². The van der Waals surface area contributed by atoms with Gasteiger partial charge >= 0.3 is 0 Å². The fourth-order valence-corrected chi connectivity index (χ4v) is 5.92. The van der Waals surface area contributed by atoms with Crippen molar-refractivity contribution >= 4 is 27.5 Å². The molecule has 3 rings (SSSR count). The van der Waals surface area contributed by atoms with Gasteiger partial charge in [-0.25, -0.2) is 12.8 Å². The van der Waals surface area contributed by atoms with Gasteiger partial charge in [0.15, 0.2) is 0 Å². The number of rotatable bonds is 11. The predicted octanol–water partition coefficient (Wildman–Crippen LogP) is 5.37. The number of carbonyl (C=O) groups is 2. The summed E-state index contributed by atoms with van der Waals surface area (Å²) in [6.45, 7) is 10.3. The second-order valence-corrected chi connectivity index (χ2v) is 13.2. The first-order valence-corrected chi connectivity index (χ1v) is 15.2. The number of hydrogen-bond donors (Lipinski definition) is 1. The Morgan fingerprint density at radius 1 is 0.952 bits per heavy atom. The van der Waals surface area contributed by atoms with Gasteiger partial charge in [-0.1, -0.05) is 42.8 Å². The molecule has 0 aliphatic heterocycles. The third-order valence-corrected chi connectivity index (χ3v) is 8.42. The van der Waals surface area contributed by atoms with E-state index in [2.05, 4.69) is 5.32 Å². The number of halogens is 1. The molecule has 0 aliphatic carbocycles. The molecule has 1 atom stereocenters. The van der Waals surface area contributed by atoms with Crippen molar-refractivity contribution < 1.29 is 27.1 Å². The van der Waals surface area contributed by atoms with Gasteiger partial charge in [-0.05, 0) is 88.6 Å². The number of anilines is 1. The molecule has 2 amide bonds. The van der Waals surface area contributed by atoms with E-state index in [-0.39, 0.29) is 35.2 Å². The topological polar surface area (TPSA) is 96.0 Å². The van der Waals surface area contributed by atoms with Gasteiger partial charge in [0.25, 0.3) is 10.0 Å². The Kier molecular flexibility index (Phi) is 10.4. The molecule has 0 fully saturated rings. The molecular weight excluding hydrogens is 557 g/mol. The first-order valence-electron chi connectivity index (χ1n) is 13.8. The molecule has 0 saturated heterocycles. The first-order chi connectivity index (χ1) is 19.7. The summed E-state index contributed by atoms with van der Waals surface area (Å²) in [5, 5.41) is 2.93. The number of benzene rings is 3. The summed E-state index contributed by atoms with van der Waals surface area (Å²) in [7, 11) is -2.83. The van der Waals surface area contributed by atoms with Crippen molar-refractivity contribution in [3.63, 3.8) is 0 Å². The Bertz CT molecular complexity index is 1500. The van der Waals surface area contributed by atoms with E-state index >= 15 is 0 Å². The Balaban J connectivity index is 2.14. The van der Waals surface area contributed by atoms with Gasteiger partial charge in [0.2, 0.25) is 11.8 Å². The molecule has 0 radical (unpaired) electrons. The molecule has 10 heteroatoms. The monoisotopic (exact) mass is 597 g/mol. The van der Waals surface area contributed by atoms with E-state index in [4.69, 9.17) is 4.74 Å². The van der Waals surface area contributed by atoms with Gasteiger partial charge in [0.1, 0.15) is 24.2 Å². The van der Waals surface area contributed by atoms with Crippen LogP contribution in [0.1, 0.15) is 50.8 Å². The molecule has 3 aromatic rings. The maximum absolute atomic E-state index is 14.2. The van der Waals surface area contributed by atoms with Crippen LogP contribution in [0.25, 0.3) is 0 Å². The molecule has 1 N–H and O–H groups in total. The van der Waals surface area contributed by atoms with Crippen LogP contribution in [0.15, 0.2) is 71.6 Å². The largest absolute Gasteiger partial charge is 0.495 e. The lowest BCUT2D eigenvalue weighted by Gasteiger charge is -2.35. The maximum Gasteiger partial charge on any atom is 0.264 e. The lowest BCUT2D eigenvalue weighted by atomic mass is 10.1. The van der Waals surface area contributed by atoms with Gasteiger partial charge in [-0.15, -0.1) is 0 Å². The van der Waals surface area contributed by atoms with Crippen molar-refractivity contribution in [1.82, 2.24) is 10.2 Å². The normalized spacial score (nSPS) is 12.4. The van der Waals surface area contributed by atoms with Crippen molar-refractivity contribution in [3.8, 4) is 5.75 Å². The van der Waals surface area contributed by atoms with Crippen LogP contribution in [0, 0.1) is 19.7 Å². The summed E-state index contributed by atoms with van der Waals surface area (Å²) >= 11 is 0. The van der Waals surface area contributed by atoms with Crippen molar-refractivity contribution in [2.75, 3.05) is 18.0 Å². The summed E-state index contributed by atoms with van der Waals surface area (Å²) in [6.07, 6.45) is 0.271. The number of sulfonamides is 1.